The SMILES string of the molecule is C=C(C)CCN(CCOCCS(=O)(=O)c1cccc(C)c1)C(=O)NCC. The first kappa shape index (κ1) is 22.2. The fourth-order valence-electron chi connectivity index (χ4n) is 2.28. The van der Waals surface area contributed by atoms with Crippen LogP contribution in [0, 0.1) is 6.92 Å². The van der Waals surface area contributed by atoms with Crippen molar-refractivity contribution in [3.63, 3.8) is 0 Å². The molecule has 1 aromatic carbocycles. The lowest BCUT2D eigenvalue weighted by atomic mass is 10.2. The van der Waals surface area contributed by atoms with Gasteiger partial charge < -0.3 is 15.0 Å². The molecule has 2 amide bonds. The number of nitrogens with one attached hydrogen (secondary N) is 1. The minimum Gasteiger partial charge on any atom is -0.379 e. The van der Waals surface area contributed by atoms with Gasteiger partial charge in [0.2, 0.25) is 0 Å². The maximum Gasteiger partial charge on any atom is 0.317 e. The fourth-order valence-corrected chi connectivity index (χ4v) is 3.50. The summed E-state index contributed by atoms with van der Waals surface area (Å²) in [5.74, 6) is -0.0800. The lowest BCUT2D eigenvalue weighted by Crippen LogP contribution is -2.42. The summed E-state index contributed by atoms with van der Waals surface area (Å²) in [4.78, 5) is 14.0. The largest absolute Gasteiger partial charge is 0.379 e. The lowest BCUT2D eigenvalue weighted by Gasteiger charge is -2.23. The summed E-state index contributed by atoms with van der Waals surface area (Å²) in [6.07, 6.45) is 0.721. The van der Waals surface area contributed by atoms with Crippen molar-refractivity contribution in [3.05, 3.63) is 42.0 Å². The van der Waals surface area contributed by atoms with Crippen LogP contribution in [0.25, 0.3) is 0 Å². The van der Waals surface area contributed by atoms with E-state index in [2.05, 4.69) is 11.9 Å². The Hall–Kier alpha value is -1.86. The molecule has 0 aromatic heterocycles. The summed E-state index contributed by atoms with van der Waals surface area (Å²) >= 11 is 0. The Labute approximate surface area is 157 Å². The molecule has 0 radical (unpaired) electrons. The predicted molar refractivity (Wildman–Crippen MR) is 104 cm³/mol. The van der Waals surface area contributed by atoms with Gasteiger partial charge in [0.15, 0.2) is 9.84 Å². The van der Waals surface area contributed by atoms with Crippen molar-refractivity contribution >= 4 is 15.9 Å². The Kier molecular flexibility index (Phi) is 9.37. The molecule has 0 bridgehead atoms. The molecule has 1 rings (SSSR count). The highest BCUT2D eigenvalue weighted by Gasteiger charge is 2.15. The van der Waals surface area contributed by atoms with E-state index in [-0.39, 0.29) is 25.0 Å². The van der Waals surface area contributed by atoms with Crippen LogP contribution in [0.3, 0.4) is 0 Å². The van der Waals surface area contributed by atoms with Crippen LogP contribution >= 0.6 is 0 Å². The molecule has 1 N–H and O–H groups in total. The second-order valence-corrected chi connectivity index (χ2v) is 8.39. The van der Waals surface area contributed by atoms with Gasteiger partial charge in [-0.1, -0.05) is 17.7 Å². The summed E-state index contributed by atoms with van der Waals surface area (Å²) in [6.45, 7) is 11.4. The van der Waals surface area contributed by atoms with Crippen LogP contribution in [-0.4, -0.2) is 57.9 Å². The zero-order valence-electron chi connectivity index (χ0n) is 16.0. The second kappa shape index (κ2) is 11.0. The van der Waals surface area contributed by atoms with Crippen molar-refractivity contribution in [1.29, 1.82) is 0 Å². The predicted octanol–water partition coefficient (Wildman–Crippen LogP) is 2.78. The Morgan fingerprint density at radius 1 is 1.27 bits per heavy atom. The summed E-state index contributed by atoms with van der Waals surface area (Å²) in [5, 5.41) is 2.77. The molecular weight excluding hydrogens is 352 g/mol. The fraction of sp³-hybridized carbons (Fsp3) is 0.526. The molecule has 146 valence electrons. The van der Waals surface area contributed by atoms with Crippen molar-refractivity contribution in [2.75, 3.05) is 38.6 Å². The summed E-state index contributed by atoms with van der Waals surface area (Å²) in [6, 6.07) is 6.69. The average Bonchev–Trinajstić information content (AvgIpc) is 2.57. The third-order valence-electron chi connectivity index (χ3n) is 3.77. The number of rotatable bonds is 11. The summed E-state index contributed by atoms with van der Waals surface area (Å²) < 4.78 is 30.0. The van der Waals surface area contributed by atoms with E-state index in [9.17, 15) is 13.2 Å². The average molecular weight is 383 g/mol. The van der Waals surface area contributed by atoms with Gasteiger partial charge in [0, 0.05) is 19.6 Å². The lowest BCUT2D eigenvalue weighted by molar-refractivity contribution is 0.120. The number of aryl methyl sites for hydroxylation is 1. The first-order valence-corrected chi connectivity index (χ1v) is 10.5. The van der Waals surface area contributed by atoms with Crippen molar-refractivity contribution in [2.24, 2.45) is 0 Å². The van der Waals surface area contributed by atoms with E-state index in [1.165, 1.54) is 0 Å². The molecular formula is C19H30N2O4S. The Balaban J connectivity index is 2.44. The van der Waals surface area contributed by atoms with Gasteiger partial charge in [0.25, 0.3) is 0 Å². The third-order valence-corrected chi connectivity index (χ3v) is 5.45. The van der Waals surface area contributed by atoms with Crippen LogP contribution < -0.4 is 5.32 Å². The maximum absolute atomic E-state index is 12.3. The van der Waals surface area contributed by atoms with E-state index >= 15 is 0 Å². The van der Waals surface area contributed by atoms with Gasteiger partial charge in [-0.05, 0) is 44.9 Å². The first-order valence-electron chi connectivity index (χ1n) is 8.80. The smallest absolute Gasteiger partial charge is 0.317 e. The highest BCUT2D eigenvalue weighted by molar-refractivity contribution is 7.91. The quantitative estimate of drug-likeness (QED) is 0.472. The Bertz CT molecular complexity index is 701. The highest BCUT2D eigenvalue weighted by Crippen LogP contribution is 2.12. The molecule has 0 saturated carbocycles. The van der Waals surface area contributed by atoms with Crippen LogP contribution in [-0.2, 0) is 14.6 Å². The number of benzene rings is 1. The van der Waals surface area contributed by atoms with Crippen LogP contribution in [0.4, 0.5) is 4.79 Å². The van der Waals surface area contributed by atoms with Crippen molar-refractivity contribution < 1.29 is 17.9 Å². The molecule has 6 nitrogen and oxygen atoms in total. The first-order chi connectivity index (χ1) is 12.3. The maximum atomic E-state index is 12.3. The molecule has 0 atom stereocenters. The zero-order chi connectivity index (χ0) is 19.6. The summed E-state index contributed by atoms with van der Waals surface area (Å²) in [7, 11) is -3.36. The van der Waals surface area contributed by atoms with E-state index < -0.39 is 9.84 Å². The normalized spacial score (nSPS) is 11.2. The number of hydrogen-bond acceptors (Lipinski definition) is 4. The molecule has 0 heterocycles. The Morgan fingerprint density at radius 2 is 2.00 bits per heavy atom. The number of nitrogens with zero attached hydrogens (tertiary/aromatic N) is 1. The molecule has 0 aliphatic rings. The van der Waals surface area contributed by atoms with Crippen molar-refractivity contribution in [1.82, 2.24) is 10.2 Å². The molecule has 0 aliphatic carbocycles. The van der Waals surface area contributed by atoms with Crippen LogP contribution in [0.1, 0.15) is 25.8 Å². The topological polar surface area (TPSA) is 75.7 Å². The van der Waals surface area contributed by atoms with Gasteiger partial charge >= 0.3 is 6.03 Å². The van der Waals surface area contributed by atoms with E-state index in [0.717, 1.165) is 17.6 Å². The van der Waals surface area contributed by atoms with Crippen LogP contribution in [0.2, 0.25) is 0 Å². The molecule has 26 heavy (non-hydrogen) atoms. The molecule has 0 fully saturated rings. The summed E-state index contributed by atoms with van der Waals surface area (Å²) in [5.41, 5.74) is 1.91. The number of urea groups is 1. The van der Waals surface area contributed by atoms with E-state index in [0.29, 0.717) is 24.5 Å². The van der Waals surface area contributed by atoms with Gasteiger partial charge in [0.05, 0.1) is 23.9 Å². The standard InChI is InChI=1S/C19H30N2O4S/c1-5-20-19(22)21(10-9-16(2)3)11-12-25-13-14-26(23,24)18-8-6-7-17(4)15-18/h6-8,15H,2,5,9-14H2,1,3-4H3,(H,20,22). The number of ether oxygens (including phenoxy) is 1. The molecule has 0 aliphatic heterocycles. The molecule has 7 heteroatoms. The van der Waals surface area contributed by atoms with Gasteiger partial charge in [-0.3, -0.25) is 0 Å². The van der Waals surface area contributed by atoms with E-state index in [1.54, 1.807) is 23.1 Å². The van der Waals surface area contributed by atoms with Gasteiger partial charge in [-0.15, -0.1) is 6.58 Å². The van der Waals surface area contributed by atoms with Gasteiger partial charge in [-0.25, -0.2) is 13.2 Å². The minimum absolute atomic E-state index is 0.0800. The van der Waals surface area contributed by atoms with Crippen LogP contribution in [0.15, 0.2) is 41.3 Å². The molecule has 0 saturated heterocycles. The molecule has 1 aromatic rings. The monoisotopic (exact) mass is 382 g/mol. The van der Waals surface area contributed by atoms with Crippen LogP contribution in [0.5, 0.6) is 0 Å². The number of amides is 2. The number of sulfone groups is 1. The van der Waals surface area contributed by atoms with Gasteiger partial charge in [0.1, 0.15) is 0 Å². The van der Waals surface area contributed by atoms with Crippen molar-refractivity contribution in [2.45, 2.75) is 32.1 Å². The van der Waals surface area contributed by atoms with Gasteiger partial charge in [-0.2, -0.15) is 0 Å². The number of hydrogen-bond donors (Lipinski definition) is 1. The second-order valence-electron chi connectivity index (χ2n) is 6.28. The van der Waals surface area contributed by atoms with E-state index in [1.807, 2.05) is 26.8 Å². The Morgan fingerprint density at radius 3 is 2.62 bits per heavy atom. The minimum atomic E-state index is -3.36. The van der Waals surface area contributed by atoms with E-state index in [4.69, 9.17) is 4.74 Å². The molecule has 0 unspecified atom stereocenters. The zero-order valence-corrected chi connectivity index (χ0v) is 16.8. The number of carbonyl (C=O) groups is 1. The highest BCUT2D eigenvalue weighted by atomic mass is 32.2. The van der Waals surface area contributed by atoms with Crippen molar-refractivity contribution in [3.8, 4) is 0 Å². The number of carbonyl (C=O) groups excluding carboxylic acids is 1. The third kappa shape index (κ3) is 8.01. The molecule has 0 spiro atoms.